The molecule has 0 saturated carbocycles. The van der Waals surface area contributed by atoms with E-state index < -0.39 is 0 Å². The Bertz CT molecular complexity index is 367. The predicted octanol–water partition coefficient (Wildman–Crippen LogP) is 0.446. The van der Waals surface area contributed by atoms with Gasteiger partial charge in [0, 0.05) is 25.8 Å². The van der Waals surface area contributed by atoms with Crippen LogP contribution in [0.15, 0.2) is 12.5 Å². The standard InChI is InChI=1S/C13H25N5/c1-16-6-4-11(5-7-16)18(3)12(8-14)13-9-15-10-17(13)2/h9-12H,4-8,14H2,1-3H3. The number of hydrogen-bond donors (Lipinski definition) is 1. The van der Waals surface area contributed by atoms with Crippen LogP contribution in [0.3, 0.4) is 0 Å². The Kier molecular flexibility index (Phi) is 4.37. The molecule has 1 aromatic heterocycles. The van der Waals surface area contributed by atoms with E-state index in [-0.39, 0.29) is 6.04 Å². The molecule has 1 aromatic rings. The van der Waals surface area contributed by atoms with Gasteiger partial charge in [0.25, 0.3) is 0 Å². The summed E-state index contributed by atoms with van der Waals surface area (Å²) in [5, 5.41) is 0. The number of piperidine rings is 1. The fourth-order valence-corrected chi connectivity index (χ4v) is 2.84. The summed E-state index contributed by atoms with van der Waals surface area (Å²) in [6.07, 6.45) is 6.23. The first-order valence-corrected chi connectivity index (χ1v) is 6.70. The van der Waals surface area contributed by atoms with Gasteiger partial charge in [-0.3, -0.25) is 4.90 Å². The van der Waals surface area contributed by atoms with E-state index in [9.17, 15) is 0 Å². The van der Waals surface area contributed by atoms with Crippen molar-refractivity contribution in [2.24, 2.45) is 12.8 Å². The molecular weight excluding hydrogens is 226 g/mol. The van der Waals surface area contributed by atoms with E-state index in [1.54, 1.807) is 0 Å². The first-order valence-electron chi connectivity index (χ1n) is 6.70. The molecule has 1 fully saturated rings. The molecule has 1 saturated heterocycles. The van der Waals surface area contributed by atoms with E-state index in [4.69, 9.17) is 5.73 Å². The van der Waals surface area contributed by atoms with Crippen LogP contribution in [0.25, 0.3) is 0 Å². The maximum Gasteiger partial charge on any atom is 0.0946 e. The molecule has 2 heterocycles. The van der Waals surface area contributed by atoms with Crippen molar-refractivity contribution in [1.29, 1.82) is 0 Å². The molecule has 0 bridgehead atoms. The minimum absolute atomic E-state index is 0.269. The average Bonchev–Trinajstić information content (AvgIpc) is 2.78. The van der Waals surface area contributed by atoms with Gasteiger partial charge in [0.05, 0.1) is 18.1 Å². The maximum atomic E-state index is 5.97. The number of aryl methyl sites for hydroxylation is 1. The molecule has 1 aliphatic heterocycles. The van der Waals surface area contributed by atoms with Gasteiger partial charge in [-0.1, -0.05) is 0 Å². The smallest absolute Gasteiger partial charge is 0.0946 e. The number of hydrogen-bond acceptors (Lipinski definition) is 4. The van der Waals surface area contributed by atoms with Gasteiger partial charge in [0.2, 0.25) is 0 Å². The lowest BCUT2D eigenvalue weighted by Gasteiger charge is -2.39. The van der Waals surface area contributed by atoms with Crippen molar-refractivity contribution in [3.63, 3.8) is 0 Å². The lowest BCUT2D eigenvalue weighted by molar-refractivity contribution is 0.107. The number of likely N-dealkylation sites (N-methyl/N-ethyl adjacent to an activating group) is 1. The Morgan fingerprint density at radius 1 is 1.44 bits per heavy atom. The number of nitrogens with zero attached hydrogens (tertiary/aromatic N) is 4. The van der Waals surface area contributed by atoms with Gasteiger partial charge in [-0.15, -0.1) is 0 Å². The van der Waals surface area contributed by atoms with E-state index in [0.717, 1.165) is 0 Å². The molecule has 18 heavy (non-hydrogen) atoms. The molecule has 0 aromatic carbocycles. The van der Waals surface area contributed by atoms with Gasteiger partial charge in [-0.05, 0) is 40.0 Å². The van der Waals surface area contributed by atoms with Crippen LogP contribution < -0.4 is 5.73 Å². The van der Waals surface area contributed by atoms with Gasteiger partial charge in [0.15, 0.2) is 0 Å². The Balaban J connectivity index is 2.06. The average molecular weight is 251 g/mol. The lowest BCUT2D eigenvalue weighted by atomic mass is 10.0. The van der Waals surface area contributed by atoms with Crippen molar-refractivity contribution in [3.8, 4) is 0 Å². The van der Waals surface area contributed by atoms with Gasteiger partial charge < -0.3 is 15.2 Å². The molecule has 1 atom stereocenters. The number of likely N-dealkylation sites (tertiary alicyclic amines) is 1. The molecule has 5 heteroatoms. The van der Waals surface area contributed by atoms with Gasteiger partial charge in [-0.25, -0.2) is 4.98 Å². The van der Waals surface area contributed by atoms with Crippen LogP contribution in [0.5, 0.6) is 0 Å². The SMILES string of the molecule is CN1CCC(N(C)C(CN)c2cncn2C)CC1. The van der Waals surface area contributed by atoms with Crippen LogP contribution in [0, 0.1) is 0 Å². The molecule has 102 valence electrons. The third-order valence-electron chi connectivity index (χ3n) is 4.17. The summed E-state index contributed by atoms with van der Waals surface area (Å²) in [6, 6.07) is 0.899. The molecule has 1 aliphatic rings. The van der Waals surface area contributed by atoms with E-state index in [1.165, 1.54) is 31.6 Å². The zero-order valence-electron chi connectivity index (χ0n) is 11.7. The highest BCUT2D eigenvalue weighted by Crippen LogP contribution is 2.24. The predicted molar refractivity (Wildman–Crippen MR) is 73.3 cm³/mol. The number of aromatic nitrogens is 2. The van der Waals surface area contributed by atoms with Crippen molar-refractivity contribution < 1.29 is 0 Å². The van der Waals surface area contributed by atoms with Crippen molar-refractivity contribution in [1.82, 2.24) is 19.4 Å². The third kappa shape index (κ3) is 2.74. The summed E-state index contributed by atoms with van der Waals surface area (Å²) in [5.74, 6) is 0. The summed E-state index contributed by atoms with van der Waals surface area (Å²) < 4.78 is 2.07. The molecule has 0 spiro atoms. The number of rotatable bonds is 4. The molecule has 5 nitrogen and oxygen atoms in total. The highest BCUT2D eigenvalue weighted by atomic mass is 15.2. The first kappa shape index (κ1) is 13.5. The van der Waals surface area contributed by atoms with Crippen LogP contribution in [0.4, 0.5) is 0 Å². The second-order valence-corrected chi connectivity index (χ2v) is 5.38. The van der Waals surface area contributed by atoms with Crippen LogP contribution in [-0.2, 0) is 7.05 Å². The zero-order chi connectivity index (χ0) is 13.1. The summed E-state index contributed by atoms with van der Waals surface area (Å²) in [7, 11) is 6.42. The fraction of sp³-hybridized carbons (Fsp3) is 0.769. The van der Waals surface area contributed by atoms with E-state index in [0.29, 0.717) is 12.6 Å². The summed E-state index contributed by atoms with van der Waals surface area (Å²) in [5.41, 5.74) is 7.18. The fourth-order valence-electron chi connectivity index (χ4n) is 2.84. The molecule has 2 rings (SSSR count). The van der Waals surface area contributed by atoms with Crippen LogP contribution in [0.1, 0.15) is 24.6 Å². The van der Waals surface area contributed by atoms with Crippen molar-refractivity contribution >= 4 is 0 Å². The largest absolute Gasteiger partial charge is 0.336 e. The summed E-state index contributed by atoms with van der Waals surface area (Å²) in [4.78, 5) is 9.03. The molecule has 0 amide bonds. The van der Waals surface area contributed by atoms with Gasteiger partial charge >= 0.3 is 0 Å². The minimum Gasteiger partial charge on any atom is -0.336 e. The van der Waals surface area contributed by atoms with Crippen molar-refractivity contribution in [2.45, 2.75) is 24.9 Å². The summed E-state index contributed by atoms with van der Waals surface area (Å²) >= 11 is 0. The Morgan fingerprint density at radius 2 is 2.11 bits per heavy atom. The van der Waals surface area contributed by atoms with Crippen LogP contribution >= 0.6 is 0 Å². The number of nitrogens with two attached hydrogens (primary N) is 1. The van der Waals surface area contributed by atoms with Gasteiger partial charge in [0.1, 0.15) is 0 Å². The van der Waals surface area contributed by atoms with E-state index in [1.807, 2.05) is 19.6 Å². The van der Waals surface area contributed by atoms with E-state index in [2.05, 4.69) is 33.4 Å². The topological polar surface area (TPSA) is 50.3 Å². The van der Waals surface area contributed by atoms with Crippen LogP contribution in [0.2, 0.25) is 0 Å². The number of imidazole rings is 1. The quantitative estimate of drug-likeness (QED) is 0.844. The van der Waals surface area contributed by atoms with Crippen LogP contribution in [-0.4, -0.2) is 59.1 Å². The Morgan fingerprint density at radius 3 is 2.61 bits per heavy atom. The lowest BCUT2D eigenvalue weighted by Crippen LogP contribution is -2.45. The molecule has 0 aliphatic carbocycles. The molecule has 0 radical (unpaired) electrons. The second kappa shape index (κ2) is 5.82. The Labute approximate surface area is 110 Å². The van der Waals surface area contributed by atoms with Crippen molar-refractivity contribution in [2.75, 3.05) is 33.7 Å². The second-order valence-electron chi connectivity index (χ2n) is 5.38. The third-order valence-corrected chi connectivity index (χ3v) is 4.17. The molecule has 2 N–H and O–H groups in total. The first-order chi connectivity index (χ1) is 8.63. The maximum absolute atomic E-state index is 5.97. The summed E-state index contributed by atoms with van der Waals surface area (Å²) in [6.45, 7) is 3.00. The highest BCUT2D eigenvalue weighted by molar-refractivity contribution is 5.06. The zero-order valence-corrected chi connectivity index (χ0v) is 11.7. The minimum atomic E-state index is 0.269. The Hall–Kier alpha value is -0.910. The normalized spacial score (nSPS) is 20.5. The van der Waals surface area contributed by atoms with E-state index >= 15 is 0 Å². The van der Waals surface area contributed by atoms with Gasteiger partial charge in [-0.2, -0.15) is 0 Å². The highest BCUT2D eigenvalue weighted by Gasteiger charge is 2.27. The molecule has 1 unspecified atom stereocenters. The monoisotopic (exact) mass is 251 g/mol. The van der Waals surface area contributed by atoms with Crippen molar-refractivity contribution in [3.05, 3.63) is 18.2 Å². The molecular formula is C13H25N5.